The van der Waals surface area contributed by atoms with Crippen LogP contribution < -0.4 is 0 Å². The molecule has 3 aromatic rings. The van der Waals surface area contributed by atoms with Crippen LogP contribution >= 0.6 is 0 Å². The first-order chi connectivity index (χ1) is 12.4. The lowest BCUT2D eigenvalue weighted by Gasteiger charge is -2.12. The maximum atomic E-state index is 13.0. The molecule has 0 aromatic heterocycles. The Bertz CT molecular complexity index is 998. The van der Waals surface area contributed by atoms with Gasteiger partial charge in [-0.15, -0.1) is 0 Å². The van der Waals surface area contributed by atoms with Crippen molar-refractivity contribution in [3.05, 3.63) is 105 Å². The summed E-state index contributed by atoms with van der Waals surface area (Å²) < 4.78 is 0. The average molecular weight is 342 g/mol. The second-order valence-electron chi connectivity index (χ2n) is 6.73. The van der Waals surface area contributed by atoms with E-state index in [1.165, 1.54) is 5.56 Å². The Labute approximate surface area is 154 Å². The van der Waals surface area contributed by atoms with Crippen LogP contribution in [0.3, 0.4) is 0 Å². The van der Waals surface area contributed by atoms with E-state index in [1.807, 2.05) is 58.0 Å². The van der Waals surface area contributed by atoms with Gasteiger partial charge >= 0.3 is 0 Å². The highest BCUT2D eigenvalue weighted by atomic mass is 16.1. The predicted octanol–water partition coefficient (Wildman–Crippen LogP) is 5.38. The van der Waals surface area contributed by atoms with Crippen molar-refractivity contribution in [1.82, 2.24) is 0 Å². The minimum atomic E-state index is -0.0324. The van der Waals surface area contributed by atoms with Crippen molar-refractivity contribution in [3.63, 3.8) is 0 Å². The van der Waals surface area contributed by atoms with E-state index < -0.39 is 0 Å². The molecule has 0 aliphatic rings. The summed E-state index contributed by atoms with van der Waals surface area (Å²) >= 11 is 0. The first-order valence-electron chi connectivity index (χ1n) is 8.72. The lowest BCUT2D eigenvalue weighted by atomic mass is 9.90. The summed E-state index contributed by atoms with van der Waals surface area (Å²) in [5, 5.41) is 0. The van der Waals surface area contributed by atoms with Crippen molar-refractivity contribution in [2.45, 2.75) is 27.7 Å². The van der Waals surface area contributed by atoms with Crippen molar-refractivity contribution >= 4 is 11.6 Å². The zero-order valence-electron chi connectivity index (χ0n) is 15.6. The summed E-state index contributed by atoms with van der Waals surface area (Å²) in [6.45, 7) is 7.95. The van der Waals surface area contributed by atoms with Crippen molar-refractivity contribution in [1.29, 1.82) is 0 Å². The fraction of sp³-hybridized carbons (Fsp3) is 0.167. The summed E-state index contributed by atoms with van der Waals surface area (Å²) in [5.41, 5.74) is 6.76. The van der Waals surface area contributed by atoms with Crippen LogP contribution in [0.5, 0.6) is 0 Å². The van der Waals surface area contributed by atoms with Crippen LogP contribution in [0.2, 0.25) is 0 Å². The van der Waals surface area contributed by atoms with Gasteiger partial charge in [-0.3, -0.25) is 9.59 Å². The number of rotatable bonds is 4. The maximum absolute atomic E-state index is 13.0. The lowest BCUT2D eigenvalue weighted by molar-refractivity contribution is 0.102. The van der Waals surface area contributed by atoms with Crippen LogP contribution in [-0.2, 0) is 0 Å². The molecule has 0 radical (unpaired) electrons. The third-order valence-corrected chi connectivity index (χ3v) is 5.07. The highest BCUT2D eigenvalue weighted by Gasteiger charge is 2.17. The quantitative estimate of drug-likeness (QED) is 0.596. The van der Waals surface area contributed by atoms with Gasteiger partial charge in [-0.1, -0.05) is 54.6 Å². The first-order valence-corrected chi connectivity index (χ1v) is 8.72. The van der Waals surface area contributed by atoms with Crippen molar-refractivity contribution in [2.75, 3.05) is 0 Å². The van der Waals surface area contributed by atoms with E-state index >= 15 is 0 Å². The van der Waals surface area contributed by atoms with Gasteiger partial charge in [-0.2, -0.15) is 0 Å². The minimum absolute atomic E-state index is 0.00168. The Balaban J connectivity index is 1.97. The van der Waals surface area contributed by atoms with Crippen LogP contribution in [0, 0.1) is 27.7 Å². The SMILES string of the molecule is Cc1cc(C(=O)c2ccccc2)ccc1C(=O)c1ccc(C)c(C)c1C. The molecule has 0 heterocycles. The van der Waals surface area contributed by atoms with Gasteiger partial charge in [-0.25, -0.2) is 0 Å². The summed E-state index contributed by atoms with van der Waals surface area (Å²) in [5.74, 6) is -0.0307. The topological polar surface area (TPSA) is 34.1 Å². The fourth-order valence-corrected chi connectivity index (χ4v) is 3.16. The standard InChI is InChI=1S/C24H22O2/c1-15-10-12-22(18(4)17(15)3)24(26)21-13-11-20(14-16(21)2)23(25)19-8-6-5-7-9-19/h5-14H,1-4H3. The second kappa shape index (κ2) is 7.09. The molecule has 0 atom stereocenters. The monoisotopic (exact) mass is 342 g/mol. The smallest absolute Gasteiger partial charge is 0.193 e. The molecule has 0 aliphatic heterocycles. The van der Waals surface area contributed by atoms with Gasteiger partial charge in [0.2, 0.25) is 0 Å². The van der Waals surface area contributed by atoms with Gasteiger partial charge in [0.15, 0.2) is 11.6 Å². The van der Waals surface area contributed by atoms with Crippen LogP contribution in [0.25, 0.3) is 0 Å². The number of aryl methyl sites for hydroxylation is 2. The first kappa shape index (κ1) is 17.8. The number of hydrogen-bond donors (Lipinski definition) is 0. The Morgan fingerprint density at radius 3 is 1.88 bits per heavy atom. The molecule has 0 bridgehead atoms. The summed E-state index contributed by atoms with van der Waals surface area (Å²) in [6.07, 6.45) is 0. The molecule has 0 N–H and O–H groups in total. The number of benzene rings is 3. The largest absolute Gasteiger partial charge is 0.289 e. The van der Waals surface area contributed by atoms with E-state index in [0.717, 1.165) is 22.3 Å². The van der Waals surface area contributed by atoms with E-state index in [-0.39, 0.29) is 11.6 Å². The summed E-state index contributed by atoms with van der Waals surface area (Å²) in [6, 6.07) is 18.4. The zero-order valence-corrected chi connectivity index (χ0v) is 15.6. The highest BCUT2D eigenvalue weighted by Crippen LogP contribution is 2.23. The molecule has 3 aromatic carbocycles. The Morgan fingerprint density at radius 1 is 0.577 bits per heavy atom. The van der Waals surface area contributed by atoms with E-state index in [0.29, 0.717) is 16.7 Å². The van der Waals surface area contributed by atoms with Crippen molar-refractivity contribution in [3.8, 4) is 0 Å². The summed E-state index contributed by atoms with van der Waals surface area (Å²) in [7, 11) is 0. The average Bonchev–Trinajstić information content (AvgIpc) is 2.66. The molecule has 0 saturated heterocycles. The second-order valence-corrected chi connectivity index (χ2v) is 6.73. The Morgan fingerprint density at radius 2 is 1.23 bits per heavy atom. The van der Waals surface area contributed by atoms with Crippen LogP contribution in [0.15, 0.2) is 60.7 Å². The lowest BCUT2D eigenvalue weighted by Crippen LogP contribution is -2.09. The van der Waals surface area contributed by atoms with Crippen LogP contribution in [-0.4, -0.2) is 11.6 Å². The Hall–Kier alpha value is -3.00. The molecule has 3 rings (SSSR count). The molecular weight excluding hydrogens is 320 g/mol. The minimum Gasteiger partial charge on any atom is -0.289 e. The molecule has 2 nitrogen and oxygen atoms in total. The van der Waals surface area contributed by atoms with Gasteiger partial charge in [0, 0.05) is 22.3 Å². The Kier molecular flexibility index (Phi) is 4.85. The van der Waals surface area contributed by atoms with Crippen molar-refractivity contribution in [2.24, 2.45) is 0 Å². The normalized spacial score (nSPS) is 10.6. The molecule has 0 unspecified atom stereocenters. The van der Waals surface area contributed by atoms with Crippen molar-refractivity contribution < 1.29 is 9.59 Å². The van der Waals surface area contributed by atoms with E-state index in [2.05, 4.69) is 0 Å². The molecule has 130 valence electrons. The van der Waals surface area contributed by atoms with Gasteiger partial charge < -0.3 is 0 Å². The molecule has 0 saturated carbocycles. The van der Waals surface area contributed by atoms with Gasteiger partial charge in [0.1, 0.15) is 0 Å². The highest BCUT2D eigenvalue weighted by molar-refractivity contribution is 6.13. The van der Waals surface area contributed by atoms with E-state index in [4.69, 9.17) is 0 Å². The molecule has 2 heteroatoms. The third kappa shape index (κ3) is 3.23. The van der Waals surface area contributed by atoms with Gasteiger partial charge in [-0.05, 0) is 56.0 Å². The molecule has 0 fully saturated rings. The zero-order chi connectivity index (χ0) is 18.8. The van der Waals surface area contributed by atoms with Gasteiger partial charge in [0.25, 0.3) is 0 Å². The van der Waals surface area contributed by atoms with E-state index in [1.54, 1.807) is 30.3 Å². The number of hydrogen-bond acceptors (Lipinski definition) is 2. The summed E-state index contributed by atoms with van der Waals surface area (Å²) in [4.78, 5) is 25.6. The van der Waals surface area contributed by atoms with Crippen LogP contribution in [0.4, 0.5) is 0 Å². The number of ketones is 2. The molecule has 26 heavy (non-hydrogen) atoms. The molecule has 0 amide bonds. The maximum Gasteiger partial charge on any atom is 0.193 e. The third-order valence-electron chi connectivity index (χ3n) is 5.07. The predicted molar refractivity (Wildman–Crippen MR) is 105 cm³/mol. The molecule has 0 spiro atoms. The molecular formula is C24H22O2. The number of carbonyl (C=O) groups excluding carboxylic acids is 2. The van der Waals surface area contributed by atoms with E-state index in [9.17, 15) is 9.59 Å². The number of carbonyl (C=O) groups is 2. The van der Waals surface area contributed by atoms with Crippen LogP contribution in [0.1, 0.15) is 54.1 Å². The fourth-order valence-electron chi connectivity index (χ4n) is 3.16. The molecule has 0 aliphatic carbocycles. The van der Waals surface area contributed by atoms with Gasteiger partial charge in [0.05, 0.1) is 0 Å².